The smallest absolute Gasteiger partial charge is 0.370 e. The summed E-state index contributed by atoms with van der Waals surface area (Å²) < 4.78 is 122. The molecule has 0 spiro atoms. The summed E-state index contributed by atoms with van der Waals surface area (Å²) in [6.45, 7) is -0.0883. The molecule has 18 heteroatoms. The molecular formula is C29H33F9N8O. The number of alkyl halides is 9. The van der Waals surface area contributed by atoms with E-state index in [0.29, 0.717) is 43.8 Å². The van der Waals surface area contributed by atoms with Gasteiger partial charge in [-0.1, -0.05) is 5.10 Å². The van der Waals surface area contributed by atoms with Crippen molar-refractivity contribution in [3.8, 4) is 0 Å². The van der Waals surface area contributed by atoms with E-state index >= 15 is 0 Å². The minimum absolute atomic E-state index is 0.0109. The first-order valence-electron chi connectivity index (χ1n) is 14.7. The third-order valence-electron chi connectivity index (χ3n) is 7.98. The maximum Gasteiger partial charge on any atom is 0.417 e. The van der Waals surface area contributed by atoms with Gasteiger partial charge in [-0.25, -0.2) is 0 Å². The zero-order chi connectivity index (χ0) is 34.6. The number of benzene rings is 1. The van der Waals surface area contributed by atoms with E-state index in [9.17, 15) is 44.3 Å². The van der Waals surface area contributed by atoms with Crippen LogP contribution in [0.1, 0.15) is 65.6 Å². The van der Waals surface area contributed by atoms with Crippen molar-refractivity contribution < 1.29 is 44.3 Å². The number of amides is 1. The summed E-state index contributed by atoms with van der Waals surface area (Å²) in [7, 11) is 1.37. The summed E-state index contributed by atoms with van der Waals surface area (Å²) >= 11 is 0. The Hall–Kier alpha value is -3.96. The number of hydrogen-bond donors (Lipinski definition) is 2. The van der Waals surface area contributed by atoms with Gasteiger partial charge >= 0.3 is 18.5 Å². The van der Waals surface area contributed by atoms with Gasteiger partial charge < -0.3 is 16.0 Å². The van der Waals surface area contributed by atoms with Gasteiger partial charge in [-0.05, 0) is 84.7 Å². The fraction of sp³-hybridized carbons (Fsp3) is 0.552. The summed E-state index contributed by atoms with van der Waals surface area (Å²) in [6.07, 6.45) is -10.3. The molecule has 0 atom stereocenters. The maximum atomic E-state index is 13.7. The maximum absolute atomic E-state index is 13.7. The summed E-state index contributed by atoms with van der Waals surface area (Å²) in [4.78, 5) is 17.3. The lowest BCUT2D eigenvalue weighted by molar-refractivity contribution is -0.143. The van der Waals surface area contributed by atoms with E-state index in [1.807, 2.05) is 0 Å². The SMILES string of the molecule is Cn1nnc(N(Cc2cc(C(F)(F)F)cc(C(F)(F)F)c2)Cc2cc(C(F)(F)F)cnc2CCNC[C@H]2CC[C@H](CC(N)=O)CC2)n1. The Morgan fingerprint density at radius 1 is 0.894 bits per heavy atom. The number of aromatic nitrogens is 5. The summed E-state index contributed by atoms with van der Waals surface area (Å²) in [6, 6.07) is 1.91. The molecule has 1 fully saturated rings. The third kappa shape index (κ3) is 10.3. The van der Waals surface area contributed by atoms with Gasteiger partial charge in [0.1, 0.15) is 0 Å². The van der Waals surface area contributed by atoms with E-state index in [4.69, 9.17) is 5.73 Å². The first-order chi connectivity index (χ1) is 21.9. The molecule has 0 bridgehead atoms. The minimum atomic E-state index is -5.10. The second-order valence-electron chi connectivity index (χ2n) is 11.7. The van der Waals surface area contributed by atoms with Crippen LogP contribution in [0.2, 0.25) is 0 Å². The number of nitrogens with one attached hydrogen (secondary N) is 1. The number of rotatable bonds is 12. The first kappa shape index (κ1) is 35.9. The van der Waals surface area contributed by atoms with Crippen molar-refractivity contribution in [2.75, 3.05) is 18.0 Å². The Morgan fingerprint density at radius 3 is 2.02 bits per heavy atom. The molecule has 47 heavy (non-hydrogen) atoms. The number of carbonyl (C=O) groups is 1. The number of halogens is 9. The number of nitrogens with two attached hydrogens (primary N) is 1. The van der Waals surface area contributed by atoms with Gasteiger partial charge in [0.15, 0.2) is 0 Å². The van der Waals surface area contributed by atoms with E-state index in [2.05, 4.69) is 25.7 Å². The fourth-order valence-corrected chi connectivity index (χ4v) is 5.63. The van der Waals surface area contributed by atoms with Crippen LogP contribution in [-0.4, -0.2) is 44.2 Å². The summed E-state index contributed by atoms with van der Waals surface area (Å²) in [5.74, 6) is 0.0321. The van der Waals surface area contributed by atoms with Crippen molar-refractivity contribution in [3.05, 3.63) is 64.0 Å². The van der Waals surface area contributed by atoms with Gasteiger partial charge in [-0.3, -0.25) is 9.78 Å². The van der Waals surface area contributed by atoms with Crippen LogP contribution < -0.4 is 16.0 Å². The number of aryl methyl sites for hydroxylation is 1. The van der Waals surface area contributed by atoms with Gasteiger partial charge in [-0.15, -0.1) is 5.10 Å². The van der Waals surface area contributed by atoms with Crippen LogP contribution in [0.25, 0.3) is 0 Å². The third-order valence-corrected chi connectivity index (χ3v) is 7.98. The van der Waals surface area contributed by atoms with Crippen molar-refractivity contribution in [1.29, 1.82) is 0 Å². The Morgan fingerprint density at radius 2 is 1.49 bits per heavy atom. The lowest BCUT2D eigenvalue weighted by Gasteiger charge is -2.28. The molecule has 1 saturated carbocycles. The Balaban J connectivity index is 1.56. The molecule has 258 valence electrons. The monoisotopic (exact) mass is 680 g/mol. The topological polar surface area (TPSA) is 115 Å². The number of carbonyl (C=O) groups excluding carboxylic acids is 1. The molecule has 0 unspecified atom stereocenters. The number of nitrogens with zero attached hydrogens (tertiary/aromatic N) is 6. The molecule has 2 aromatic heterocycles. The predicted molar refractivity (Wildman–Crippen MR) is 150 cm³/mol. The highest BCUT2D eigenvalue weighted by Gasteiger charge is 2.37. The highest BCUT2D eigenvalue weighted by Crippen LogP contribution is 2.37. The average molecular weight is 681 g/mol. The van der Waals surface area contributed by atoms with E-state index in [-0.39, 0.29) is 41.5 Å². The van der Waals surface area contributed by atoms with Gasteiger partial charge in [-0.2, -0.15) is 44.3 Å². The molecule has 4 rings (SSSR count). The van der Waals surface area contributed by atoms with Crippen molar-refractivity contribution in [2.45, 2.75) is 70.1 Å². The Bertz CT molecular complexity index is 1480. The highest BCUT2D eigenvalue weighted by atomic mass is 19.4. The first-order valence-corrected chi connectivity index (χ1v) is 14.7. The standard InChI is InChI=1S/C29H33F9N8O/c1-45-43-26(42-44-45)46(15-19-8-21(27(30,31)32)12-22(9-19)28(33,34)35)16-20-11-23(29(36,37)38)14-41-24(20)6-7-40-13-18-4-2-17(3-5-18)10-25(39)47/h8-9,11-12,14,17-18,40H,2-7,10,13,15-16H2,1H3,(H2,39,47)/t17-,18-. The van der Waals surface area contributed by atoms with Crippen molar-refractivity contribution in [3.63, 3.8) is 0 Å². The molecule has 1 aliphatic carbocycles. The molecule has 1 aliphatic rings. The van der Waals surface area contributed by atoms with Crippen LogP contribution in [-0.2, 0) is 49.9 Å². The number of pyridine rings is 1. The Labute approximate surface area is 263 Å². The van der Waals surface area contributed by atoms with Gasteiger partial charge in [0, 0.05) is 44.4 Å². The van der Waals surface area contributed by atoms with Crippen LogP contribution in [0.5, 0.6) is 0 Å². The van der Waals surface area contributed by atoms with Crippen molar-refractivity contribution in [1.82, 2.24) is 30.5 Å². The minimum Gasteiger partial charge on any atom is -0.370 e. The van der Waals surface area contributed by atoms with Gasteiger partial charge in [0.05, 0.1) is 23.7 Å². The highest BCUT2D eigenvalue weighted by molar-refractivity contribution is 5.74. The lowest BCUT2D eigenvalue weighted by Crippen LogP contribution is -2.30. The van der Waals surface area contributed by atoms with E-state index in [0.717, 1.165) is 41.4 Å². The second kappa shape index (κ2) is 14.4. The number of tetrazole rings is 1. The molecule has 1 amide bonds. The Kier molecular flexibility index (Phi) is 11.0. The van der Waals surface area contributed by atoms with Gasteiger partial charge in [0.2, 0.25) is 5.91 Å². The van der Waals surface area contributed by atoms with E-state index in [1.54, 1.807) is 0 Å². The normalized spacial score (nSPS) is 17.6. The number of hydrogen-bond acceptors (Lipinski definition) is 7. The molecule has 0 aliphatic heterocycles. The quantitative estimate of drug-likeness (QED) is 0.187. The molecular weight excluding hydrogens is 647 g/mol. The van der Waals surface area contributed by atoms with Crippen molar-refractivity contribution >= 4 is 11.9 Å². The summed E-state index contributed by atoms with van der Waals surface area (Å²) in [5.41, 5.74) is 0.977. The predicted octanol–water partition coefficient (Wildman–Crippen LogP) is 5.68. The molecule has 1 aromatic carbocycles. The second-order valence-corrected chi connectivity index (χ2v) is 11.7. The summed E-state index contributed by atoms with van der Waals surface area (Å²) in [5, 5.41) is 14.7. The van der Waals surface area contributed by atoms with Crippen LogP contribution in [0.15, 0.2) is 30.5 Å². The molecule has 0 saturated heterocycles. The zero-order valence-electron chi connectivity index (χ0n) is 25.2. The zero-order valence-corrected chi connectivity index (χ0v) is 25.2. The lowest BCUT2D eigenvalue weighted by atomic mass is 9.80. The fourth-order valence-electron chi connectivity index (χ4n) is 5.63. The van der Waals surface area contributed by atoms with Gasteiger partial charge in [0.25, 0.3) is 5.95 Å². The average Bonchev–Trinajstić information content (AvgIpc) is 3.40. The number of anilines is 1. The molecule has 9 nitrogen and oxygen atoms in total. The van der Waals surface area contributed by atoms with E-state index < -0.39 is 53.9 Å². The number of primary amides is 1. The van der Waals surface area contributed by atoms with Crippen LogP contribution in [0.3, 0.4) is 0 Å². The largest absolute Gasteiger partial charge is 0.417 e. The van der Waals surface area contributed by atoms with E-state index in [1.165, 1.54) is 7.05 Å². The van der Waals surface area contributed by atoms with Crippen LogP contribution in [0.4, 0.5) is 45.5 Å². The molecule has 2 heterocycles. The molecule has 3 N–H and O–H groups in total. The molecule has 3 aromatic rings. The van der Waals surface area contributed by atoms with Crippen LogP contribution in [0, 0.1) is 11.8 Å². The van der Waals surface area contributed by atoms with Crippen LogP contribution >= 0.6 is 0 Å². The van der Waals surface area contributed by atoms with Crippen molar-refractivity contribution in [2.24, 2.45) is 24.6 Å². The molecule has 0 radical (unpaired) electrons.